The van der Waals surface area contributed by atoms with E-state index < -0.39 is 5.97 Å². The van der Waals surface area contributed by atoms with E-state index in [0.717, 1.165) is 17.0 Å². The smallest absolute Gasteiger partial charge is 0.330 e. The summed E-state index contributed by atoms with van der Waals surface area (Å²) in [7, 11) is 1.51. The minimum absolute atomic E-state index is 0.0644. The van der Waals surface area contributed by atoms with Crippen LogP contribution in [-0.4, -0.2) is 30.9 Å². The minimum atomic E-state index is -0.504. The van der Waals surface area contributed by atoms with Crippen molar-refractivity contribution >= 4 is 35.0 Å². The first-order chi connectivity index (χ1) is 12.5. The van der Waals surface area contributed by atoms with Crippen LogP contribution in [0.1, 0.15) is 18.2 Å². The van der Waals surface area contributed by atoms with Gasteiger partial charge in [-0.1, -0.05) is 22.9 Å². The van der Waals surface area contributed by atoms with Crippen LogP contribution in [0.5, 0.6) is 11.5 Å². The van der Waals surface area contributed by atoms with E-state index in [1.165, 1.54) is 13.2 Å². The maximum Gasteiger partial charge on any atom is 0.330 e. The van der Waals surface area contributed by atoms with Crippen LogP contribution in [-0.2, 0) is 16.1 Å². The van der Waals surface area contributed by atoms with Gasteiger partial charge in [-0.2, -0.15) is 0 Å². The van der Waals surface area contributed by atoms with Crippen molar-refractivity contribution < 1.29 is 19.0 Å². The summed E-state index contributed by atoms with van der Waals surface area (Å²) in [6, 6.07) is 3.40. The van der Waals surface area contributed by atoms with Gasteiger partial charge in [-0.05, 0) is 37.6 Å². The summed E-state index contributed by atoms with van der Waals surface area (Å²) < 4.78 is 17.4. The van der Waals surface area contributed by atoms with Gasteiger partial charge < -0.3 is 14.2 Å². The monoisotopic (exact) mass is 397 g/mol. The van der Waals surface area contributed by atoms with E-state index in [1.54, 1.807) is 28.2 Å². The molecule has 1 aromatic carbocycles. The number of carbonyl (C=O) groups excluding carboxylic acids is 1. The number of rotatable bonds is 8. The first kappa shape index (κ1) is 20.1. The van der Waals surface area contributed by atoms with Gasteiger partial charge in [0, 0.05) is 17.2 Å². The third-order valence-corrected chi connectivity index (χ3v) is 4.65. The number of hydrogen-bond acceptors (Lipinski definition) is 6. The molecule has 0 N–H and O–H groups in total. The van der Waals surface area contributed by atoms with Gasteiger partial charge in [0.1, 0.15) is 6.61 Å². The summed E-state index contributed by atoms with van der Waals surface area (Å²) in [6.45, 7) is 4.60. The molecule has 0 saturated heterocycles. The van der Waals surface area contributed by atoms with E-state index >= 15 is 0 Å². The lowest BCUT2D eigenvalue weighted by Gasteiger charge is -2.11. The zero-order chi connectivity index (χ0) is 19.1. The Morgan fingerprint density at radius 2 is 2.15 bits per heavy atom. The number of esters is 1. The molecule has 0 fully saturated rings. The Labute approximate surface area is 160 Å². The van der Waals surface area contributed by atoms with Gasteiger partial charge >= 0.3 is 10.8 Å². The van der Waals surface area contributed by atoms with Crippen LogP contribution in [0.3, 0.4) is 0 Å². The van der Waals surface area contributed by atoms with Crippen LogP contribution in [0, 0.1) is 6.92 Å². The van der Waals surface area contributed by atoms with Crippen molar-refractivity contribution in [2.45, 2.75) is 20.4 Å². The molecule has 0 aliphatic rings. The lowest BCUT2D eigenvalue weighted by atomic mass is 10.2. The van der Waals surface area contributed by atoms with Gasteiger partial charge in [-0.25, -0.2) is 4.79 Å². The molecule has 0 saturated carbocycles. The maximum atomic E-state index is 11.9. The second-order valence-electron chi connectivity index (χ2n) is 5.26. The second kappa shape index (κ2) is 9.45. The fourth-order valence-electron chi connectivity index (χ4n) is 2.27. The van der Waals surface area contributed by atoms with Crippen LogP contribution in [0.4, 0.5) is 0 Å². The molecule has 8 heteroatoms. The molecule has 2 rings (SSSR count). The van der Waals surface area contributed by atoms with E-state index in [2.05, 4.69) is 0 Å². The molecule has 0 radical (unpaired) electrons. The maximum absolute atomic E-state index is 11.9. The van der Waals surface area contributed by atoms with Crippen LogP contribution < -0.4 is 14.3 Å². The minimum Gasteiger partial charge on any atom is -0.491 e. The number of aromatic nitrogens is 1. The second-order valence-corrected chi connectivity index (χ2v) is 6.49. The van der Waals surface area contributed by atoms with Gasteiger partial charge in [-0.3, -0.25) is 9.36 Å². The third kappa shape index (κ3) is 5.12. The fraction of sp³-hybridized carbons (Fsp3) is 0.333. The van der Waals surface area contributed by atoms with Crippen molar-refractivity contribution in [2.24, 2.45) is 0 Å². The zero-order valence-electron chi connectivity index (χ0n) is 14.8. The highest BCUT2D eigenvalue weighted by Gasteiger charge is 2.11. The summed E-state index contributed by atoms with van der Waals surface area (Å²) in [5.41, 5.74) is 1.53. The molecule has 26 heavy (non-hydrogen) atoms. The Kier molecular flexibility index (Phi) is 7.29. The molecule has 2 aromatic rings. The average molecular weight is 398 g/mol. The van der Waals surface area contributed by atoms with Gasteiger partial charge in [0.05, 0.1) is 25.3 Å². The van der Waals surface area contributed by atoms with Crippen LogP contribution in [0.25, 0.3) is 6.08 Å². The molecular formula is C18H20ClNO5S. The highest BCUT2D eigenvalue weighted by atomic mass is 35.5. The van der Waals surface area contributed by atoms with Crippen molar-refractivity contribution in [3.63, 3.8) is 0 Å². The Hall–Kier alpha value is -2.25. The van der Waals surface area contributed by atoms with Gasteiger partial charge in [-0.15, -0.1) is 0 Å². The van der Waals surface area contributed by atoms with Gasteiger partial charge in [0.15, 0.2) is 11.5 Å². The molecular weight excluding hydrogens is 378 g/mol. The summed E-state index contributed by atoms with van der Waals surface area (Å²) in [5, 5.41) is 2.16. The van der Waals surface area contributed by atoms with Crippen molar-refractivity contribution in [1.82, 2.24) is 4.57 Å². The first-order valence-electron chi connectivity index (χ1n) is 7.96. The molecule has 0 aliphatic carbocycles. The molecule has 0 unspecified atom stereocenters. The molecule has 140 valence electrons. The van der Waals surface area contributed by atoms with E-state index in [-0.39, 0.29) is 11.5 Å². The normalized spacial score (nSPS) is 10.9. The third-order valence-electron chi connectivity index (χ3n) is 3.48. The van der Waals surface area contributed by atoms with Crippen molar-refractivity contribution in [3.8, 4) is 11.5 Å². The number of halogens is 1. The highest BCUT2D eigenvalue weighted by Crippen LogP contribution is 2.36. The standard InChI is InChI=1S/C18H20ClNO5S/c1-4-24-15-10-13(9-14(19)17(15)23-3)5-6-16(21)25-8-7-20-12(2)11-26-18(20)22/h5-6,9-11H,4,7-8H2,1-3H3/b6-5+. The molecule has 0 spiro atoms. The van der Waals surface area contributed by atoms with E-state index in [4.69, 9.17) is 25.8 Å². The summed E-state index contributed by atoms with van der Waals surface area (Å²) in [6.07, 6.45) is 2.88. The zero-order valence-corrected chi connectivity index (χ0v) is 16.4. The molecule has 0 aliphatic heterocycles. The predicted octanol–water partition coefficient (Wildman–Crippen LogP) is 3.54. The van der Waals surface area contributed by atoms with E-state index in [9.17, 15) is 9.59 Å². The van der Waals surface area contributed by atoms with Crippen molar-refractivity contribution in [3.05, 3.63) is 49.5 Å². The fourth-order valence-corrected chi connectivity index (χ4v) is 3.33. The molecule has 1 aromatic heterocycles. The van der Waals surface area contributed by atoms with Crippen molar-refractivity contribution in [2.75, 3.05) is 20.3 Å². The Balaban J connectivity index is 1.98. The number of hydrogen-bond donors (Lipinski definition) is 0. The number of nitrogens with zero attached hydrogens (tertiary/aromatic N) is 1. The number of benzene rings is 1. The summed E-state index contributed by atoms with van der Waals surface area (Å²) >= 11 is 7.29. The van der Waals surface area contributed by atoms with Crippen LogP contribution in [0.15, 0.2) is 28.4 Å². The molecule has 0 amide bonds. The van der Waals surface area contributed by atoms with E-state index in [1.807, 2.05) is 13.8 Å². The SMILES string of the molecule is CCOc1cc(/C=C/C(=O)OCCn2c(C)csc2=O)cc(Cl)c1OC. The number of methoxy groups -OCH3 is 1. The van der Waals surface area contributed by atoms with Gasteiger partial charge in [0.25, 0.3) is 0 Å². The van der Waals surface area contributed by atoms with Crippen LogP contribution in [0.2, 0.25) is 5.02 Å². The number of carbonyl (C=O) groups is 1. The number of ether oxygens (including phenoxy) is 3. The molecule has 6 nitrogen and oxygen atoms in total. The largest absolute Gasteiger partial charge is 0.491 e. The topological polar surface area (TPSA) is 66.8 Å². The highest BCUT2D eigenvalue weighted by molar-refractivity contribution is 7.07. The van der Waals surface area contributed by atoms with Crippen molar-refractivity contribution in [1.29, 1.82) is 0 Å². The Bertz CT molecular complexity index is 856. The molecule has 0 bridgehead atoms. The Morgan fingerprint density at radius 3 is 2.77 bits per heavy atom. The Morgan fingerprint density at radius 1 is 1.38 bits per heavy atom. The lowest BCUT2D eigenvalue weighted by molar-refractivity contribution is -0.137. The molecule has 0 atom stereocenters. The average Bonchev–Trinajstić information content (AvgIpc) is 2.92. The lowest BCUT2D eigenvalue weighted by Crippen LogP contribution is -2.19. The number of thiazole rings is 1. The summed E-state index contributed by atoms with van der Waals surface area (Å²) in [5.74, 6) is 0.448. The van der Waals surface area contributed by atoms with Gasteiger partial charge in [0.2, 0.25) is 0 Å². The predicted molar refractivity (Wildman–Crippen MR) is 102 cm³/mol. The first-order valence-corrected chi connectivity index (χ1v) is 9.22. The van der Waals surface area contributed by atoms with E-state index in [0.29, 0.717) is 35.2 Å². The molecule has 1 heterocycles. The van der Waals surface area contributed by atoms with Crippen LogP contribution >= 0.6 is 22.9 Å². The number of aryl methyl sites for hydroxylation is 1. The quantitative estimate of drug-likeness (QED) is 0.503. The summed E-state index contributed by atoms with van der Waals surface area (Å²) in [4.78, 5) is 23.4.